The topological polar surface area (TPSA) is 84.8 Å². The van der Waals surface area contributed by atoms with E-state index in [1.165, 1.54) is 24.8 Å². The molecular weight excluding hydrogens is 312 g/mol. The molecule has 1 N–H and O–H groups in total. The van der Waals surface area contributed by atoms with E-state index in [-0.39, 0.29) is 9.77 Å². The summed E-state index contributed by atoms with van der Waals surface area (Å²) in [6, 6.07) is 10.4. The quantitative estimate of drug-likeness (QED) is 0.517. The number of nitrogens with one attached hydrogen (secondary N) is 1. The second kappa shape index (κ2) is 6.51. The number of sulfonamides is 1. The van der Waals surface area contributed by atoms with Crippen molar-refractivity contribution in [2.45, 2.75) is 4.90 Å². The molecule has 0 radical (unpaired) electrons. The van der Waals surface area contributed by atoms with E-state index >= 15 is 0 Å². The van der Waals surface area contributed by atoms with Gasteiger partial charge < -0.3 is 4.74 Å². The van der Waals surface area contributed by atoms with Crippen LogP contribution in [0.15, 0.2) is 51.8 Å². The van der Waals surface area contributed by atoms with Crippen molar-refractivity contribution in [1.82, 2.24) is 4.83 Å². The predicted molar refractivity (Wildman–Crippen MR) is 80.0 cm³/mol. The molecule has 0 bridgehead atoms. The van der Waals surface area contributed by atoms with E-state index in [0.29, 0.717) is 0 Å². The van der Waals surface area contributed by atoms with Gasteiger partial charge in [0.25, 0.3) is 10.0 Å². The standard InChI is InChI=1S/C13H12N2O4S2/c1-19-13(16)12-11(7-8-20-12)21(17,18)15-14-9-10-5-3-2-4-6-10/h2-9,15H,1H3. The van der Waals surface area contributed by atoms with Crippen LogP contribution in [0.5, 0.6) is 0 Å². The van der Waals surface area contributed by atoms with E-state index in [1.54, 1.807) is 12.1 Å². The zero-order valence-electron chi connectivity index (χ0n) is 11.0. The van der Waals surface area contributed by atoms with E-state index in [9.17, 15) is 13.2 Å². The molecule has 0 saturated heterocycles. The summed E-state index contributed by atoms with van der Waals surface area (Å²) in [7, 11) is -2.72. The van der Waals surface area contributed by atoms with Gasteiger partial charge in [0.2, 0.25) is 0 Å². The number of hydrogen-bond donors (Lipinski definition) is 1. The largest absolute Gasteiger partial charge is 0.465 e. The van der Waals surface area contributed by atoms with Crippen molar-refractivity contribution < 1.29 is 17.9 Å². The maximum atomic E-state index is 12.1. The highest BCUT2D eigenvalue weighted by Gasteiger charge is 2.24. The smallest absolute Gasteiger partial charge is 0.349 e. The highest BCUT2D eigenvalue weighted by Crippen LogP contribution is 2.22. The van der Waals surface area contributed by atoms with Crippen molar-refractivity contribution in [3.63, 3.8) is 0 Å². The van der Waals surface area contributed by atoms with Gasteiger partial charge in [-0.2, -0.15) is 13.5 Å². The van der Waals surface area contributed by atoms with Crippen LogP contribution in [-0.4, -0.2) is 27.7 Å². The molecule has 0 atom stereocenters. The van der Waals surface area contributed by atoms with Crippen LogP contribution in [-0.2, 0) is 14.8 Å². The number of hydrogen-bond acceptors (Lipinski definition) is 6. The average molecular weight is 324 g/mol. The van der Waals surface area contributed by atoms with Gasteiger partial charge in [-0.15, -0.1) is 11.3 Å². The SMILES string of the molecule is COC(=O)c1sccc1S(=O)(=O)NN=Cc1ccccc1. The number of carbonyl (C=O) groups excluding carboxylic acids is 1. The lowest BCUT2D eigenvalue weighted by Gasteiger charge is -2.03. The third-order valence-electron chi connectivity index (χ3n) is 2.48. The van der Waals surface area contributed by atoms with Crippen molar-refractivity contribution in [3.05, 3.63) is 52.2 Å². The van der Waals surface area contributed by atoms with Gasteiger partial charge in [0.1, 0.15) is 9.77 Å². The molecule has 2 rings (SSSR count). The van der Waals surface area contributed by atoms with Crippen LogP contribution < -0.4 is 4.83 Å². The number of carbonyl (C=O) groups is 1. The first-order valence-electron chi connectivity index (χ1n) is 5.80. The monoisotopic (exact) mass is 324 g/mol. The van der Waals surface area contributed by atoms with Crippen molar-refractivity contribution >= 4 is 33.5 Å². The Labute approximate surface area is 126 Å². The van der Waals surface area contributed by atoms with Gasteiger partial charge in [-0.25, -0.2) is 9.63 Å². The predicted octanol–water partition coefficient (Wildman–Crippen LogP) is 1.85. The molecule has 2 aromatic rings. The number of esters is 1. The van der Waals surface area contributed by atoms with Crippen LogP contribution in [0.1, 0.15) is 15.2 Å². The molecular formula is C13H12N2O4S2. The summed E-state index contributed by atoms with van der Waals surface area (Å²) in [5.74, 6) is -0.697. The van der Waals surface area contributed by atoms with Gasteiger partial charge in [0.05, 0.1) is 13.3 Å². The molecule has 8 heteroatoms. The van der Waals surface area contributed by atoms with E-state index in [1.807, 2.05) is 18.2 Å². The maximum absolute atomic E-state index is 12.1. The Morgan fingerprint density at radius 1 is 1.29 bits per heavy atom. The van der Waals surface area contributed by atoms with Crippen LogP contribution in [0, 0.1) is 0 Å². The van der Waals surface area contributed by atoms with Crippen LogP contribution in [0.4, 0.5) is 0 Å². The number of hydrazone groups is 1. The van der Waals surface area contributed by atoms with Crippen LogP contribution in [0.25, 0.3) is 0 Å². The molecule has 0 aliphatic carbocycles. The molecule has 0 amide bonds. The Balaban J connectivity index is 2.18. The Morgan fingerprint density at radius 2 is 2.00 bits per heavy atom. The van der Waals surface area contributed by atoms with Crippen molar-refractivity contribution in [2.75, 3.05) is 7.11 Å². The fraction of sp³-hybridized carbons (Fsp3) is 0.0769. The molecule has 0 fully saturated rings. The van der Waals surface area contributed by atoms with Crippen molar-refractivity contribution in [3.8, 4) is 0 Å². The fourth-order valence-corrected chi connectivity index (χ4v) is 3.64. The normalized spacial score (nSPS) is 11.5. The summed E-state index contributed by atoms with van der Waals surface area (Å²) in [5.41, 5.74) is 0.749. The number of ether oxygens (including phenoxy) is 1. The Bertz CT molecular complexity index is 751. The summed E-state index contributed by atoms with van der Waals surface area (Å²) < 4.78 is 28.7. The minimum Gasteiger partial charge on any atom is -0.465 e. The van der Waals surface area contributed by atoms with Gasteiger partial charge >= 0.3 is 5.97 Å². The minimum absolute atomic E-state index is 0.0138. The molecule has 21 heavy (non-hydrogen) atoms. The minimum atomic E-state index is -3.91. The number of benzene rings is 1. The lowest BCUT2D eigenvalue weighted by atomic mass is 10.2. The van der Waals surface area contributed by atoms with Crippen LogP contribution >= 0.6 is 11.3 Å². The Kier molecular flexibility index (Phi) is 4.71. The number of rotatable bonds is 5. The maximum Gasteiger partial charge on any atom is 0.349 e. The lowest BCUT2D eigenvalue weighted by Crippen LogP contribution is -2.20. The second-order valence-electron chi connectivity index (χ2n) is 3.87. The highest BCUT2D eigenvalue weighted by atomic mass is 32.2. The molecule has 0 aliphatic heterocycles. The Hall–Kier alpha value is -2.19. The first-order chi connectivity index (χ1) is 10.0. The molecule has 1 aromatic carbocycles. The summed E-state index contributed by atoms with van der Waals surface area (Å²) in [6.07, 6.45) is 1.38. The van der Waals surface area contributed by atoms with Gasteiger partial charge in [-0.05, 0) is 17.0 Å². The average Bonchev–Trinajstić information content (AvgIpc) is 2.98. The number of thiophene rings is 1. The van der Waals surface area contributed by atoms with Gasteiger partial charge in [0, 0.05) is 0 Å². The summed E-state index contributed by atoms with van der Waals surface area (Å²) in [6.45, 7) is 0. The fourth-order valence-electron chi connectivity index (χ4n) is 1.51. The molecule has 1 heterocycles. The zero-order valence-corrected chi connectivity index (χ0v) is 12.6. The lowest BCUT2D eigenvalue weighted by molar-refractivity contribution is 0.0602. The van der Waals surface area contributed by atoms with Crippen molar-refractivity contribution in [1.29, 1.82) is 0 Å². The van der Waals surface area contributed by atoms with Crippen LogP contribution in [0.2, 0.25) is 0 Å². The van der Waals surface area contributed by atoms with Gasteiger partial charge in [-0.1, -0.05) is 30.3 Å². The van der Waals surface area contributed by atoms with E-state index in [2.05, 4.69) is 14.7 Å². The van der Waals surface area contributed by atoms with E-state index in [4.69, 9.17) is 0 Å². The number of nitrogens with zero attached hydrogens (tertiary/aromatic N) is 1. The first kappa shape index (κ1) is 15.2. The molecule has 110 valence electrons. The zero-order chi connectivity index (χ0) is 15.3. The summed E-state index contributed by atoms with van der Waals surface area (Å²) in [5, 5.41) is 5.19. The molecule has 0 aliphatic rings. The number of methoxy groups -OCH3 is 1. The third kappa shape index (κ3) is 3.67. The van der Waals surface area contributed by atoms with E-state index < -0.39 is 16.0 Å². The second-order valence-corrected chi connectivity index (χ2v) is 6.41. The molecule has 6 nitrogen and oxygen atoms in total. The summed E-state index contributed by atoms with van der Waals surface area (Å²) >= 11 is 0.993. The molecule has 1 aromatic heterocycles. The van der Waals surface area contributed by atoms with Gasteiger partial charge in [0.15, 0.2) is 0 Å². The highest BCUT2D eigenvalue weighted by molar-refractivity contribution is 7.89. The third-order valence-corrected chi connectivity index (χ3v) is 4.76. The molecule has 0 saturated carbocycles. The summed E-state index contributed by atoms with van der Waals surface area (Å²) in [4.78, 5) is 13.4. The van der Waals surface area contributed by atoms with Crippen LogP contribution in [0.3, 0.4) is 0 Å². The van der Waals surface area contributed by atoms with Crippen molar-refractivity contribution in [2.24, 2.45) is 5.10 Å². The molecule has 0 spiro atoms. The van der Waals surface area contributed by atoms with E-state index in [0.717, 1.165) is 16.9 Å². The van der Waals surface area contributed by atoms with Gasteiger partial charge in [-0.3, -0.25) is 0 Å². The Morgan fingerprint density at radius 3 is 2.67 bits per heavy atom. The first-order valence-corrected chi connectivity index (χ1v) is 8.16. The molecule has 0 unspecified atom stereocenters.